The molecule has 0 aromatic carbocycles. The van der Waals surface area contributed by atoms with E-state index in [0.717, 1.165) is 6.92 Å². The predicted octanol–water partition coefficient (Wildman–Crippen LogP) is -2.82. The Morgan fingerprint density at radius 3 is 2.33 bits per heavy atom. The summed E-state index contributed by atoms with van der Waals surface area (Å²) in [6.07, 6.45) is -6.23. The Labute approximate surface area is 105 Å². The van der Waals surface area contributed by atoms with Gasteiger partial charge in [0.25, 0.3) is 0 Å². The summed E-state index contributed by atoms with van der Waals surface area (Å²) in [5, 5.41) is 38.1. The zero-order chi connectivity index (χ0) is 14.7. The van der Waals surface area contributed by atoms with E-state index in [1.54, 1.807) is 0 Å². The van der Waals surface area contributed by atoms with Crippen molar-refractivity contribution in [1.29, 1.82) is 0 Å². The van der Waals surface area contributed by atoms with Crippen molar-refractivity contribution < 1.29 is 36.1 Å². The van der Waals surface area contributed by atoms with Gasteiger partial charge in [0.2, 0.25) is 11.8 Å². The summed E-state index contributed by atoms with van der Waals surface area (Å²) >= 11 is 0. The summed E-state index contributed by atoms with van der Waals surface area (Å²) in [6.45, 7) is -0.374. The maximum absolute atomic E-state index is 11.5. The number of hydrogen-bond acceptors (Lipinski definition) is 7. The van der Waals surface area contributed by atoms with Crippen molar-refractivity contribution >= 4 is 11.8 Å². The van der Waals surface area contributed by atoms with E-state index in [2.05, 4.69) is 0 Å². The monoisotopic (exact) mass is 264 g/mol. The standard InChI is InChI=1S/C10H17NO7/c1-4(13)11(5(2)14)7-9(16)8(15)6(3-12)18-10(7)17/h6-10,12,15-17H,3H2,1-2H3/t6-,7-,8-,9-,10?/m1/s1/i1D. The number of carbonyl (C=O) groups excluding carboxylic acids is 2. The zero-order valence-electron chi connectivity index (χ0n) is 10.8. The van der Waals surface area contributed by atoms with Crippen molar-refractivity contribution in [2.75, 3.05) is 6.61 Å². The van der Waals surface area contributed by atoms with Gasteiger partial charge in [0.15, 0.2) is 6.29 Å². The minimum absolute atomic E-state index is 0.485. The summed E-state index contributed by atoms with van der Waals surface area (Å²) in [5.74, 6) is -1.73. The number of hydrogen-bond donors (Lipinski definition) is 4. The van der Waals surface area contributed by atoms with Crippen molar-refractivity contribution in [3.63, 3.8) is 0 Å². The Bertz CT molecular complexity index is 353. The molecule has 8 nitrogen and oxygen atoms in total. The van der Waals surface area contributed by atoms with E-state index in [1.165, 1.54) is 0 Å². The van der Waals surface area contributed by atoms with Gasteiger partial charge < -0.3 is 25.2 Å². The lowest BCUT2D eigenvalue weighted by molar-refractivity contribution is -0.268. The van der Waals surface area contributed by atoms with E-state index in [4.69, 9.17) is 11.2 Å². The van der Waals surface area contributed by atoms with Gasteiger partial charge in [0, 0.05) is 15.2 Å². The van der Waals surface area contributed by atoms with Crippen LogP contribution in [0.15, 0.2) is 0 Å². The summed E-state index contributed by atoms with van der Waals surface area (Å²) in [6, 6.07) is -1.52. The molecule has 0 aliphatic carbocycles. The van der Waals surface area contributed by atoms with Crippen LogP contribution < -0.4 is 0 Å². The van der Waals surface area contributed by atoms with Gasteiger partial charge in [-0.3, -0.25) is 14.5 Å². The van der Waals surface area contributed by atoms with Gasteiger partial charge >= 0.3 is 0 Å². The lowest BCUT2D eigenvalue weighted by atomic mass is 9.95. The summed E-state index contributed by atoms with van der Waals surface area (Å²) in [5.41, 5.74) is 0. The van der Waals surface area contributed by atoms with E-state index < -0.39 is 56.0 Å². The average molecular weight is 264 g/mol. The van der Waals surface area contributed by atoms with Gasteiger partial charge in [0.05, 0.1) is 6.61 Å². The third-order valence-corrected chi connectivity index (χ3v) is 2.77. The van der Waals surface area contributed by atoms with Crippen LogP contribution >= 0.6 is 0 Å². The number of nitrogens with zero attached hydrogens (tertiary/aromatic N) is 1. The van der Waals surface area contributed by atoms with Crippen LogP contribution in [-0.4, -0.2) is 74.4 Å². The molecule has 0 radical (unpaired) electrons. The molecule has 4 N–H and O–H groups in total. The molecule has 8 heteroatoms. The lowest BCUT2D eigenvalue weighted by Gasteiger charge is -2.43. The molecule has 0 aromatic heterocycles. The van der Waals surface area contributed by atoms with E-state index in [0.29, 0.717) is 4.90 Å². The fraction of sp³-hybridized carbons (Fsp3) is 0.800. The zero-order valence-corrected chi connectivity index (χ0v) is 9.76. The molecule has 1 aliphatic rings. The number of ether oxygens (including phenoxy) is 1. The van der Waals surface area contributed by atoms with Gasteiger partial charge in [-0.15, -0.1) is 0 Å². The van der Waals surface area contributed by atoms with Gasteiger partial charge in [-0.05, 0) is 0 Å². The molecule has 1 aliphatic heterocycles. The highest BCUT2D eigenvalue weighted by Gasteiger charge is 2.48. The number of imide groups is 1. The second-order valence-corrected chi connectivity index (χ2v) is 4.00. The third kappa shape index (κ3) is 2.68. The predicted molar refractivity (Wildman–Crippen MR) is 57.0 cm³/mol. The second kappa shape index (κ2) is 5.72. The molecule has 0 aromatic rings. The van der Waals surface area contributed by atoms with Crippen LogP contribution in [0.1, 0.15) is 15.2 Å². The molecule has 0 spiro atoms. The van der Waals surface area contributed by atoms with Crippen LogP contribution in [0.4, 0.5) is 0 Å². The Balaban J connectivity index is 3.02. The van der Waals surface area contributed by atoms with Crippen molar-refractivity contribution in [3.8, 4) is 0 Å². The first-order chi connectivity index (χ1) is 8.84. The van der Waals surface area contributed by atoms with Crippen LogP contribution in [0, 0.1) is 0 Å². The number of aliphatic hydroxyl groups is 4. The molecule has 1 heterocycles. The van der Waals surface area contributed by atoms with Gasteiger partial charge in [-0.2, -0.15) is 0 Å². The minimum atomic E-state index is -1.75. The number of rotatable bonds is 2. The summed E-state index contributed by atoms with van der Waals surface area (Å²) < 4.78 is 11.8. The van der Waals surface area contributed by atoms with Crippen LogP contribution in [0.2, 0.25) is 0 Å². The van der Waals surface area contributed by atoms with Crippen molar-refractivity contribution in [3.05, 3.63) is 0 Å². The van der Waals surface area contributed by atoms with E-state index >= 15 is 0 Å². The first kappa shape index (κ1) is 13.4. The van der Waals surface area contributed by atoms with E-state index in [-0.39, 0.29) is 0 Å². The summed E-state index contributed by atoms with van der Waals surface area (Å²) in [7, 11) is 0. The van der Waals surface area contributed by atoms with E-state index in [1.807, 2.05) is 0 Å². The molecular weight excluding hydrogens is 246 g/mol. The van der Waals surface area contributed by atoms with Crippen molar-refractivity contribution in [2.45, 2.75) is 44.5 Å². The molecule has 2 amide bonds. The number of aliphatic hydroxyl groups excluding tert-OH is 4. The summed E-state index contributed by atoms with van der Waals surface area (Å²) in [4.78, 5) is 23.4. The highest BCUT2D eigenvalue weighted by atomic mass is 16.6. The topological polar surface area (TPSA) is 128 Å². The highest BCUT2D eigenvalue weighted by Crippen LogP contribution is 2.24. The largest absolute Gasteiger partial charge is 0.394 e. The SMILES string of the molecule is [2H]CC(=O)N(C(C)=O)[C@H]1C(O)O[C@H](CO)[C@@H](O)[C@@H]1O. The number of carbonyl (C=O) groups is 2. The van der Waals surface area contributed by atoms with Crippen LogP contribution in [0.25, 0.3) is 0 Å². The molecular formula is C10H17NO7. The smallest absolute Gasteiger partial charge is 0.226 e. The molecule has 5 atom stereocenters. The minimum Gasteiger partial charge on any atom is -0.394 e. The van der Waals surface area contributed by atoms with Crippen LogP contribution in [0.5, 0.6) is 0 Å². The van der Waals surface area contributed by atoms with Gasteiger partial charge in [-0.1, -0.05) is 0 Å². The first-order valence-electron chi connectivity index (χ1n) is 5.98. The van der Waals surface area contributed by atoms with Crippen molar-refractivity contribution in [1.82, 2.24) is 4.90 Å². The second-order valence-electron chi connectivity index (χ2n) is 4.00. The molecule has 1 unspecified atom stereocenters. The maximum Gasteiger partial charge on any atom is 0.226 e. The normalized spacial score (nSPS) is 36.9. The van der Waals surface area contributed by atoms with Crippen LogP contribution in [0.3, 0.4) is 0 Å². The number of amides is 2. The molecule has 0 bridgehead atoms. The molecule has 104 valence electrons. The van der Waals surface area contributed by atoms with Gasteiger partial charge in [-0.25, -0.2) is 0 Å². The van der Waals surface area contributed by atoms with Gasteiger partial charge in [0.1, 0.15) is 24.4 Å². The van der Waals surface area contributed by atoms with Crippen molar-refractivity contribution in [2.24, 2.45) is 0 Å². The fourth-order valence-electron chi connectivity index (χ4n) is 1.91. The maximum atomic E-state index is 11.5. The fourth-order valence-corrected chi connectivity index (χ4v) is 1.91. The Morgan fingerprint density at radius 1 is 1.28 bits per heavy atom. The lowest BCUT2D eigenvalue weighted by Crippen LogP contribution is -2.65. The Morgan fingerprint density at radius 2 is 1.89 bits per heavy atom. The Kier molecular flexibility index (Phi) is 4.25. The molecule has 0 saturated carbocycles. The Hall–Kier alpha value is -1.06. The average Bonchev–Trinajstić information content (AvgIpc) is 2.37. The quantitative estimate of drug-likeness (QED) is 0.423. The first-order valence-corrected chi connectivity index (χ1v) is 5.27. The molecule has 1 rings (SSSR count). The third-order valence-electron chi connectivity index (χ3n) is 2.77. The highest BCUT2D eigenvalue weighted by molar-refractivity contribution is 5.93. The molecule has 1 fully saturated rings. The van der Waals surface area contributed by atoms with Crippen LogP contribution in [-0.2, 0) is 14.3 Å². The van der Waals surface area contributed by atoms with E-state index in [9.17, 15) is 24.9 Å². The molecule has 1 saturated heterocycles. The molecule has 18 heavy (non-hydrogen) atoms.